The smallest absolute Gasteiger partial charge is 0.407 e. The Bertz CT molecular complexity index is 503. The van der Waals surface area contributed by atoms with Gasteiger partial charge in [-0.15, -0.1) is 0 Å². The molecule has 5 heteroatoms. The van der Waals surface area contributed by atoms with E-state index < -0.39 is 17.3 Å². The van der Waals surface area contributed by atoms with Crippen LogP contribution in [0.1, 0.15) is 39.2 Å². The highest BCUT2D eigenvalue weighted by molar-refractivity contribution is 5.67. The van der Waals surface area contributed by atoms with E-state index in [9.17, 15) is 9.90 Å². The number of amides is 1. The molecule has 5 nitrogen and oxygen atoms in total. The summed E-state index contributed by atoms with van der Waals surface area (Å²) in [5, 5.41) is 13.3. The Morgan fingerprint density at radius 1 is 1.26 bits per heavy atom. The quantitative estimate of drug-likeness (QED) is 0.895. The zero-order chi connectivity index (χ0) is 16.9. The van der Waals surface area contributed by atoms with Crippen LogP contribution in [0.25, 0.3) is 0 Å². The molecular formula is C18H28N2O3. The monoisotopic (exact) mass is 320 g/mol. The van der Waals surface area contributed by atoms with Crippen LogP contribution in [0.3, 0.4) is 0 Å². The summed E-state index contributed by atoms with van der Waals surface area (Å²) in [5.74, 6) is 0. The van der Waals surface area contributed by atoms with Gasteiger partial charge in [-0.1, -0.05) is 30.3 Å². The molecule has 0 aromatic heterocycles. The first-order valence-corrected chi connectivity index (χ1v) is 8.21. The topological polar surface area (TPSA) is 61.8 Å². The van der Waals surface area contributed by atoms with Gasteiger partial charge >= 0.3 is 6.09 Å². The number of carbonyl (C=O) groups excluding carboxylic acids is 1. The van der Waals surface area contributed by atoms with Gasteiger partial charge in [0.05, 0.1) is 5.60 Å². The van der Waals surface area contributed by atoms with Crippen molar-refractivity contribution in [3.63, 3.8) is 0 Å². The number of nitrogens with zero attached hydrogens (tertiary/aromatic N) is 1. The molecule has 1 heterocycles. The molecule has 1 aliphatic rings. The van der Waals surface area contributed by atoms with E-state index in [-0.39, 0.29) is 6.54 Å². The van der Waals surface area contributed by atoms with Gasteiger partial charge in [0.25, 0.3) is 0 Å². The van der Waals surface area contributed by atoms with Gasteiger partial charge in [0.1, 0.15) is 5.60 Å². The van der Waals surface area contributed by atoms with Gasteiger partial charge in [0, 0.05) is 26.2 Å². The third kappa shape index (κ3) is 6.20. The molecule has 0 spiro atoms. The van der Waals surface area contributed by atoms with Crippen LogP contribution in [0.15, 0.2) is 30.3 Å². The highest BCUT2D eigenvalue weighted by atomic mass is 16.6. The van der Waals surface area contributed by atoms with Gasteiger partial charge in [-0.3, -0.25) is 4.90 Å². The average Bonchev–Trinajstić information content (AvgIpc) is 2.48. The second-order valence-corrected chi connectivity index (χ2v) is 7.34. The van der Waals surface area contributed by atoms with E-state index in [1.807, 2.05) is 39.0 Å². The lowest BCUT2D eigenvalue weighted by Gasteiger charge is -2.38. The maximum Gasteiger partial charge on any atom is 0.407 e. The van der Waals surface area contributed by atoms with E-state index in [4.69, 9.17) is 4.74 Å². The fourth-order valence-corrected chi connectivity index (χ4v) is 2.70. The Labute approximate surface area is 138 Å². The molecule has 1 aromatic carbocycles. The molecule has 1 aliphatic heterocycles. The Kier molecular flexibility index (Phi) is 5.65. The zero-order valence-electron chi connectivity index (χ0n) is 14.3. The minimum atomic E-state index is -0.843. The van der Waals surface area contributed by atoms with Gasteiger partial charge in [-0.05, 0) is 39.2 Å². The largest absolute Gasteiger partial charge is 0.444 e. The standard InChI is InChI=1S/C18H28N2O3/c1-17(2,3)23-16(21)19-14-18(22)9-11-20(12-10-18)13-15-7-5-4-6-8-15/h4-8,22H,9-14H2,1-3H3,(H,19,21). The molecule has 0 saturated carbocycles. The lowest BCUT2D eigenvalue weighted by atomic mass is 9.91. The lowest BCUT2D eigenvalue weighted by Crippen LogP contribution is -2.51. The van der Waals surface area contributed by atoms with Crippen molar-refractivity contribution in [3.8, 4) is 0 Å². The molecule has 128 valence electrons. The van der Waals surface area contributed by atoms with Crippen molar-refractivity contribution in [3.05, 3.63) is 35.9 Å². The highest BCUT2D eigenvalue weighted by Gasteiger charge is 2.33. The fraction of sp³-hybridized carbons (Fsp3) is 0.611. The fourth-order valence-electron chi connectivity index (χ4n) is 2.70. The molecule has 0 bridgehead atoms. The van der Waals surface area contributed by atoms with Crippen LogP contribution in [0.5, 0.6) is 0 Å². The summed E-state index contributed by atoms with van der Waals surface area (Å²) in [6.45, 7) is 8.25. The van der Waals surface area contributed by atoms with E-state index in [2.05, 4.69) is 22.3 Å². The first-order valence-electron chi connectivity index (χ1n) is 8.21. The Hall–Kier alpha value is -1.59. The Morgan fingerprint density at radius 2 is 1.87 bits per heavy atom. The van der Waals surface area contributed by atoms with Crippen LogP contribution in [-0.4, -0.2) is 46.9 Å². The summed E-state index contributed by atoms with van der Waals surface area (Å²) < 4.78 is 5.20. The maximum atomic E-state index is 11.7. The minimum absolute atomic E-state index is 0.237. The molecule has 0 unspecified atom stereocenters. The minimum Gasteiger partial charge on any atom is -0.444 e. The van der Waals surface area contributed by atoms with E-state index in [0.717, 1.165) is 19.6 Å². The van der Waals surface area contributed by atoms with Gasteiger partial charge < -0.3 is 15.2 Å². The number of piperidine rings is 1. The number of hydrogen-bond donors (Lipinski definition) is 2. The van der Waals surface area contributed by atoms with Crippen molar-refractivity contribution >= 4 is 6.09 Å². The van der Waals surface area contributed by atoms with Crippen LogP contribution in [0.2, 0.25) is 0 Å². The Morgan fingerprint density at radius 3 is 2.43 bits per heavy atom. The van der Waals surface area contributed by atoms with E-state index >= 15 is 0 Å². The van der Waals surface area contributed by atoms with Crippen molar-refractivity contribution in [1.29, 1.82) is 0 Å². The molecule has 1 aromatic rings. The van der Waals surface area contributed by atoms with Crippen molar-refractivity contribution < 1.29 is 14.6 Å². The van der Waals surface area contributed by atoms with Crippen molar-refractivity contribution in [2.45, 2.75) is 51.4 Å². The molecule has 0 atom stereocenters. The molecule has 1 amide bonds. The van der Waals surface area contributed by atoms with Gasteiger partial charge in [0.15, 0.2) is 0 Å². The summed E-state index contributed by atoms with van der Waals surface area (Å²) in [7, 11) is 0. The van der Waals surface area contributed by atoms with Crippen molar-refractivity contribution in [2.75, 3.05) is 19.6 Å². The van der Waals surface area contributed by atoms with E-state index in [1.165, 1.54) is 5.56 Å². The molecule has 23 heavy (non-hydrogen) atoms. The normalized spacial score (nSPS) is 18.4. The van der Waals surface area contributed by atoms with Crippen LogP contribution in [0.4, 0.5) is 4.79 Å². The zero-order valence-corrected chi connectivity index (χ0v) is 14.3. The SMILES string of the molecule is CC(C)(C)OC(=O)NCC1(O)CCN(Cc2ccccc2)CC1. The first kappa shape index (κ1) is 17.8. The summed E-state index contributed by atoms with van der Waals surface area (Å²) >= 11 is 0. The highest BCUT2D eigenvalue weighted by Crippen LogP contribution is 2.23. The third-order valence-corrected chi connectivity index (χ3v) is 4.00. The van der Waals surface area contributed by atoms with Crippen LogP contribution >= 0.6 is 0 Å². The number of hydrogen-bond acceptors (Lipinski definition) is 4. The van der Waals surface area contributed by atoms with Gasteiger partial charge in [-0.25, -0.2) is 4.79 Å². The summed E-state index contributed by atoms with van der Waals surface area (Å²) in [4.78, 5) is 14.0. The second-order valence-electron chi connectivity index (χ2n) is 7.34. The number of benzene rings is 1. The number of likely N-dealkylation sites (tertiary alicyclic amines) is 1. The van der Waals surface area contributed by atoms with Crippen molar-refractivity contribution in [2.24, 2.45) is 0 Å². The third-order valence-electron chi connectivity index (χ3n) is 4.00. The second kappa shape index (κ2) is 7.32. The van der Waals surface area contributed by atoms with Crippen LogP contribution in [-0.2, 0) is 11.3 Å². The lowest BCUT2D eigenvalue weighted by molar-refractivity contribution is -0.0245. The number of rotatable bonds is 4. The molecule has 2 rings (SSSR count). The number of aliphatic hydroxyl groups is 1. The predicted octanol–water partition coefficient (Wildman–Crippen LogP) is 2.54. The number of nitrogens with one attached hydrogen (secondary N) is 1. The first-order chi connectivity index (χ1) is 10.8. The molecular weight excluding hydrogens is 292 g/mol. The molecule has 2 N–H and O–H groups in total. The van der Waals surface area contributed by atoms with E-state index in [0.29, 0.717) is 12.8 Å². The summed E-state index contributed by atoms with van der Waals surface area (Å²) in [5.41, 5.74) is -0.0830. The van der Waals surface area contributed by atoms with E-state index in [1.54, 1.807) is 0 Å². The predicted molar refractivity (Wildman–Crippen MR) is 90.1 cm³/mol. The Balaban J connectivity index is 1.75. The van der Waals surface area contributed by atoms with Crippen LogP contribution < -0.4 is 5.32 Å². The molecule has 1 fully saturated rings. The number of alkyl carbamates (subject to hydrolysis) is 1. The summed E-state index contributed by atoms with van der Waals surface area (Å²) in [6, 6.07) is 10.3. The average molecular weight is 320 g/mol. The number of ether oxygens (including phenoxy) is 1. The molecule has 0 radical (unpaired) electrons. The van der Waals surface area contributed by atoms with Gasteiger partial charge in [-0.2, -0.15) is 0 Å². The maximum absolute atomic E-state index is 11.7. The van der Waals surface area contributed by atoms with Gasteiger partial charge in [0.2, 0.25) is 0 Å². The summed E-state index contributed by atoms with van der Waals surface area (Å²) in [6.07, 6.45) is 0.822. The molecule has 0 aliphatic carbocycles. The van der Waals surface area contributed by atoms with Crippen LogP contribution in [0, 0.1) is 0 Å². The van der Waals surface area contributed by atoms with Crippen molar-refractivity contribution in [1.82, 2.24) is 10.2 Å². The number of carbonyl (C=O) groups is 1. The molecule has 1 saturated heterocycles.